The van der Waals surface area contributed by atoms with Gasteiger partial charge in [-0.05, 0) is 30.5 Å². The van der Waals surface area contributed by atoms with E-state index < -0.39 is 0 Å². The Kier molecular flexibility index (Phi) is 3.56. The second-order valence-electron chi connectivity index (χ2n) is 4.85. The molecular formula is C14H14Cl2N2. The molecule has 1 heterocycles. The molecule has 1 aromatic carbocycles. The zero-order valence-electron chi connectivity index (χ0n) is 10.6. The van der Waals surface area contributed by atoms with E-state index in [-0.39, 0.29) is 0 Å². The van der Waals surface area contributed by atoms with Crippen LogP contribution in [0.5, 0.6) is 0 Å². The molecule has 0 aliphatic carbocycles. The van der Waals surface area contributed by atoms with Crippen molar-refractivity contribution in [1.29, 1.82) is 5.26 Å². The molecule has 0 saturated carbocycles. The summed E-state index contributed by atoms with van der Waals surface area (Å²) in [5.41, 5.74) is 2.48. The van der Waals surface area contributed by atoms with Crippen molar-refractivity contribution >= 4 is 34.1 Å². The number of hydrogen-bond donors (Lipinski definition) is 0. The lowest BCUT2D eigenvalue weighted by Crippen LogP contribution is -2.05. The van der Waals surface area contributed by atoms with E-state index in [4.69, 9.17) is 23.2 Å². The van der Waals surface area contributed by atoms with Gasteiger partial charge in [0, 0.05) is 17.0 Å². The highest BCUT2D eigenvalue weighted by Gasteiger charge is 2.18. The van der Waals surface area contributed by atoms with Gasteiger partial charge in [-0.1, -0.05) is 37.0 Å². The molecule has 2 rings (SSSR count). The van der Waals surface area contributed by atoms with E-state index in [0.29, 0.717) is 21.7 Å². The first-order chi connectivity index (χ1) is 8.47. The second kappa shape index (κ2) is 4.84. The Balaban J connectivity index is 2.87. The van der Waals surface area contributed by atoms with E-state index >= 15 is 0 Å². The number of aryl methyl sites for hydroxylation is 1. The third kappa shape index (κ3) is 1.98. The van der Waals surface area contributed by atoms with Gasteiger partial charge >= 0.3 is 0 Å². The van der Waals surface area contributed by atoms with Crippen LogP contribution in [0.15, 0.2) is 12.1 Å². The molecule has 2 nitrogen and oxygen atoms in total. The Morgan fingerprint density at radius 3 is 2.56 bits per heavy atom. The summed E-state index contributed by atoms with van der Waals surface area (Å²) >= 11 is 12.5. The maximum atomic E-state index is 9.24. The number of nitriles is 1. The molecule has 0 unspecified atom stereocenters. The Hall–Kier alpha value is -1.17. The van der Waals surface area contributed by atoms with Crippen molar-refractivity contribution in [1.82, 2.24) is 4.57 Å². The summed E-state index contributed by atoms with van der Waals surface area (Å²) in [5, 5.41) is 11.3. The molecule has 0 aliphatic rings. The Morgan fingerprint density at radius 1 is 1.33 bits per heavy atom. The van der Waals surface area contributed by atoms with Crippen molar-refractivity contribution in [2.24, 2.45) is 5.92 Å². The minimum absolute atomic E-state index is 0.447. The highest BCUT2D eigenvalue weighted by Crippen LogP contribution is 2.34. The molecule has 0 radical (unpaired) electrons. The van der Waals surface area contributed by atoms with Gasteiger partial charge in [-0.25, -0.2) is 0 Å². The minimum atomic E-state index is 0.447. The number of hydrogen-bond acceptors (Lipinski definition) is 1. The summed E-state index contributed by atoms with van der Waals surface area (Å²) in [6.07, 6.45) is 0. The number of benzene rings is 1. The first-order valence-corrected chi connectivity index (χ1v) is 6.59. The predicted octanol–water partition coefficient (Wildman–Crippen LogP) is 4.78. The van der Waals surface area contributed by atoms with Crippen LogP contribution in [0, 0.1) is 24.2 Å². The van der Waals surface area contributed by atoms with Crippen molar-refractivity contribution in [3.05, 3.63) is 33.4 Å². The van der Waals surface area contributed by atoms with E-state index in [1.165, 1.54) is 0 Å². The van der Waals surface area contributed by atoms with Crippen LogP contribution in [0.3, 0.4) is 0 Å². The second-order valence-corrected chi connectivity index (χ2v) is 5.62. The van der Waals surface area contributed by atoms with Crippen LogP contribution in [0.2, 0.25) is 10.2 Å². The van der Waals surface area contributed by atoms with Gasteiger partial charge in [0.05, 0.1) is 11.1 Å². The lowest BCUT2D eigenvalue weighted by Gasteiger charge is -2.12. The summed E-state index contributed by atoms with van der Waals surface area (Å²) < 4.78 is 1.99. The smallest absolute Gasteiger partial charge is 0.128 e. The number of rotatable bonds is 2. The summed E-state index contributed by atoms with van der Waals surface area (Å²) in [6.45, 7) is 6.97. The fourth-order valence-electron chi connectivity index (χ4n) is 2.21. The molecular weight excluding hydrogens is 267 g/mol. The Morgan fingerprint density at radius 2 is 2.00 bits per heavy atom. The number of halogens is 2. The summed E-state index contributed by atoms with van der Waals surface area (Å²) in [7, 11) is 0. The van der Waals surface area contributed by atoms with Gasteiger partial charge in [0.15, 0.2) is 0 Å². The molecule has 2 aromatic rings. The molecule has 0 saturated heterocycles. The molecule has 0 atom stereocenters. The topological polar surface area (TPSA) is 28.7 Å². The maximum absolute atomic E-state index is 9.24. The van der Waals surface area contributed by atoms with E-state index in [1.807, 2.05) is 23.6 Å². The summed E-state index contributed by atoms with van der Waals surface area (Å²) in [4.78, 5) is 0. The van der Waals surface area contributed by atoms with E-state index in [2.05, 4.69) is 19.9 Å². The molecule has 18 heavy (non-hydrogen) atoms. The molecule has 0 fully saturated rings. The number of aromatic nitrogens is 1. The molecule has 0 spiro atoms. The first kappa shape index (κ1) is 13.3. The largest absolute Gasteiger partial charge is 0.330 e. The van der Waals surface area contributed by atoms with Crippen LogP contribution in [-0.2, 0) is 6.54 Å². The zero-order valence-corrected chi connectivity index (χ0v) is 12.1. The fourth-order valence-corrected chi connectivity index (χ4v) is 2.66. The quantitative estimate of drug-likeness (QED) is 0.778. The Bertz CT molecular complexity index is 648. The maximum Gasteiger partial charge on any atom is 0.128 e. The van der Waals surface area contributed by atoms with Crippen molar-refractivity contribution in [3.8, 4) is 6.07 Å². The van der Waals surface area contributed by atoms with Crippen LogP contribution in [0.4, 0.5) is 0 Å². The first-order valence-electron chi connectivity index (χ1n) is 5.84. The van der Waals surface area contributed by atoms with Gasteiger partial charge in [-0.2, -0.15) is 5.26 Å². The standard InChI is InChI=1S/C14H14Cl2N2/c1-8(2)7-18-13-9(3)12(15)5-4-10(13)11(6-17)14(18)16/h4-5,8H,7H2,1-3H3. The third-order valence-corrected chi connectivity index (χ3v) is 3.81. The van der Waals surface area contributed by atoms with E-state index in [9.17, 15) is 5.26 Å². The van der Waals surface area contributed by atoms with Crippen LogP contribution in [-0.4, -0.2) is 4.57 Å². The van der Waals surface area contributed by atoms with Crippen LogP contribution < -0.4 is 0 Å². The average Bonchev–Trinajstić information content (AvgIpc) is 2.57. The van der Waals surface area contributed by atoms with Crippen molar-refractivity contribution in [3.63, 3.8) is 0 Å². The Labute approximate surface area is 117 Å². The molecule has 0 aliphatic heterocycles. The SMILES string of the molecule is Cc1c(Cl)ccc2c(C#N)c(Cl)n(CC(C)C)c12. The number of nitrogens with zero attached hydrogens (tertiary/aromatic N) is 2. The van der Waals surface area contributed by atoms with Gasteiger partial charge in [0.1, 0.15) is 11.2 Å². The van der Waals surface area contributed by atoms with Crippen LogP contribution >= 0.6 is 23.2 Å². The minimum Gasteiger partial charge on any atom is -0.330 e. The van der Waals surface area contributed by atoms with Gasteiger partial charge in [0.25, 0.3) is 0 Å². The summed E-state index contributed by atoms with van der Waals surface area (Å²) in [6, 6.07) is 5.87. The fraction of sp³-hybridized carbons (Fsp3) is 0.357. The number of fused-ring (bicyclic) bond motifs is 1. The molecule has 0 bridgehead atoms. The van der Waals surface area contributed by atoms with Gasteiger partial charge in [-0.15, -0.1) is 0 Å². The normalized spacial score (nSPS) is 11.2. The van der Waals surface area contributed by atoms with Crippen molar-refractivity contribution in [2.75, 3.05) is 0 Å². The lowest BCUT2D eigenvalue weighted by molar-refractivity contribution is 0.535. The zero-order chi connectivity index (χ0) is 13.4. The van der Waals surface area contributed by atoms with Crippen LogP contribution in [0.1, 0.15) is 25.0 Å². The van der Waals surface area contributed by atoms with E-state index in [1.54, 1.807) is 0 Å². The molecule has 1 aromatic heterocycles. The highest BCUT2D eigenvalue weighted by atomic mass is 35.5. The lowest BCUT2D eigenvalue weighted by atomic mass is 10.1. The van der Waals surface area contributed by atoms with Crippen LogP contribution in [0.25, 0.3) is 10.9 Å². The molecule has 4 heteroatoms. The molecule has 0 N–H and O–H groups in total. The third-order valence-electron chi connectivity index (χ3n) is 3.01. The van der Waals surface area contributed by atoms with Gasteiger partial charge in [0.2, 0.25) is 0 Å². The molecule has 0 amide bonds. The monoisotopic (exact) mass is 280 g/mol. The molecule has 94 valence electrons. The highest BCUT2D eigenvalue weighted by molar-refractivity contribution is 6.34. The van der Waals surface area contributed by atoms with Crippen molar-refractivity contribution in [2.45, 2.75) is 27.3 Å². The predicted molar refractivity (Wildman–Crippen MR) is 76.2 cm³/mol. The van der Waals surface area contributed by atoms with Gasteiger partial charge < -0.3 is 4.57 Å². The van der Waals surface area contributed by atoms with E-state index in [0.717, 1.165) is 23.0 Å². The average molecular weight is 281 g/mol. The van der Waals surface area contributed by atoms with Gasteiger partial charge in [-0.3, -0.25) is 0 Å². The van der Waals surface area contributed by atoms with Crippen molar-refractivity contribution < 1.29 is 0 Å². The summed E-state index contributed by atoms with van der Waals surface area (Å²) in [5.74, 6) is 0.447.